The van der Waals surface area contributed by atoms with Gasteiger partial charge in [-0.3, -0.25) is 4.79 Å². The molecule has 1 N–H and O–H groups in total. The van der Waals surface area contributed by atoms with Gasteiger partial charge in [-0.15, -0.1) is 11.8 Å². The first-order valence-electron chi connectivity index (χ1n) is 8.51. The third kappa shape index (κ3) is 5.47. The van der Waals surface area contributed by atoms with Crippen LogP contribution in [0.2, 0.25) is 5.02 Å². The van der Waals surface area contributed by atoms with E-state index in [2.05, 4.69) is 5.32 Å². The number of thioether (sulfide) groups is 1. The minimum atomic E-state index is -0.197. The molecule has 0 aliphatic heterocycles. The number of amides is 1. The summed E-state index contributed by atoms with van der Waals surface area (Å²) in [6.07, 6.45) is 0.711. The van der Waals surface area contributed by atoms with Crippen molar-refractivity contribution in [2.45, 2.75) is 30.0 Å². The molecule has 7 heteroatoms. The summed E-state index contributed by atoms with van der Waals surface area (Å²) >= 11 is 7.44. The van der Waals surface area contributed by atoms with Crippen molar-refractivity contribution in [1.29, 1.82) is 0 Å². The average molecular weight is 410 g/mol. The van der Waals surface area contributed by atoms with Crippen molar-refractivity contribution in [3.05, 3.63) is 47.0 Å². The van der Waals surface area contributed by atoms with Crippen molar-refractivity contribution in [3.63, 3.8) is 0 Å². The Labute approximate surface area is 169 Å². The monoisotopic (exact) mass is 409 g/mol. The van der Waals surface area contributed by atoms with Crippen molar-refractivity contribution in [2.75, 3.05) is 21.3 Å². The molecule has 0 radical (unpaired) electrons. The van der Waals surface area contributed by atoms with E-state index in [1.165, 1.54) is 11.8 Å². The van der Waals surface area contributed by atoms with Crippen LogP contribution in [0.3, 0.4) is 0 Å². The third-order valence-corrected chi connectivity index (χ3v) is 5.62. The summed E-state index contributed by atoms with van der Waals surface area (Å²) < 4.78 is 16.1. The van der Waals surface area contributed by atoms with Gasteiger partial charge in [0.2, 0.25) is 11.7 Å². The minimum Gasteiger partial charge on any atom is -0.493 e. The second-order valence-electron chi connectivity index (χ2n) is 5.68. The molecule has 27 heavy (non-hydrogen) atoms. The van der Waals surface area contributed by atoms with Crippen molar-refractivity contribution in [2.24, 2.45) is 0 Å². The Balaban J connectivity index is 2.08. The smallest absolute Gasteiger partial charge is 0.233 e. The predicted molar refractivity (Wildman–Crippen MR) is 109 cm³/mol. The quantitative estimate of drug-likeness (QED) is 0.615. The molecule has 1 atom stereocenters. The average Bonchev–Trinajstić information content (AvgIpc) is 2.70. The number of nitrogens with one attached hydrogen (secondary N) is 1. The lowest BCUT2D eigenvalue weighted by atomic mass is 10.1. The van der Waals surface area contributed by atoms with Gasteiger partial charge in [0.05, 0.1) is 26.6 Å². The molecule has 0 spiro atoms. The molecule has 0 aliphatic carbocycles. The zero-order valence-corrected chi connectivity index (χ0v) is 17.4. The minimum absolute atomic E-state index is 0.0331. The fourth-order valence-corrected chi connectivity index (χ4v) is 3.70. The molecule has 0 aliphatic rings. The molecular formula is C20H24ClNO4S. The molecule has 0 fully saturated rings. The SMILES string of the molecule is CCC(Sc1ccc(Cl)cc1)C(=O)NCc1ccc(OC)c(OC)c1OC. The molecule has 1 amide bonds. The van der Waals surface area contributed by atoms with Crippen LogP contribution in [0.1, 0.15) is 18.9 Å². The molecule has 5 nitrogen and oxygen atoms in total. The maximum atomic E-state index is 12.6. The van der Waals surface area contributed by atoms with Gasteiger partial charge in [-0.25, -0.2) is 0 Å². The maximum Gasteiger partial charge on any atom is 0.233 e. The fourth-order valence-electron chi connectivity index (χ4n) is 2.60. The molecule has 0 heterocycles. The lowest BCUT2D eigenvalue weighted by Crippen LogP contribution is -2.32. The number of halogens is 1. The standard InChI is InChI=1S/C20H24ClNO4S/c1-5-17(27-15-9-7-14(21)8-10-15)20(23)22-12-13-6-11-16(24-2)19(26-4)18(13)25-3/h6-11,17H,5,12H2,1-4H3,(H,22,23). The molecule has 0 bridgehead atoms. The number of carbonyl (C=O) groups excluding carboxylic acids is 1. The van der Waals surface area contributed by atoms with Gasteiger partial charge in [0.25, 0.3) is 0 Å². The highest BCUT2D eigenvalue weighted by atomic mass is 35.5. The van der Waals surface area contributed by atoms with E-state index in [1.807, 2.05) is 37.3 Å². The molecule has 0 aromatic heterocycles. The van der Waals surface area contributed by atoms with E-state index in [1.54, 1.807) is 27.4 Å². The zero-order chi connectivity index (χ0) is 19.8. The summed E-state index contributed by atoms with van der Waals surface area (Å²) in [6, 6.07) is 11.1. The van der Waals surface area contributed by atoms with Crippen molar-refractivity contribution < 1.29 is 19.0 Å². The molecule has 2 rings (SSSR count). The van der Waals surface area contributed by atoms with Crippen LogP contribution in [0.15, 0.2) is 41.3 Å². The molecule has 1 unspecified atom stereocenters. The Hall–Kier alpha value is -2.05. The van der Waals surface area contributed by atoms with Crippen molar-refractivity contribution in [3.8, 4) is 17.2 Å². The van der Waals surface area contributed by atoms with Crippen molar-refractivity contribution >= 4 is 29.3 Å². The second-order valence-corrected chi connectivity index (χ2v) is 7.39. The highest BCUT2D eigenvalue weighted by Gasteiger charge is 2.20. The van der Waals surface area contributed by atoms with Gasteiger partial charge >= 0.3 is 0 Å². The Morgan fingerprint density at radius 1 is 1.04 bits per heavy atom. The lowest BCUT2D eigenvalue weighted by Gasteiger charge is -2.18. The number of hydrogen-bond acceptors (Lipinski definition) is 5. The summed E-state index contributed by atoms with van der Waals surface area (Å²) in [5.41, 5.74) is 0.815. The van der Waals surface area contributed by atoms with Crippen LogP contribution in [0, 0.1) is 0 Å². The fraction of sp³-hybridized carbons (Fsp3) is 0.350. The molecule has 146 valence electrons. The zero-order valence-electron chi connectivity index (χ0n) is 15.9. The van der Waals surface area contributed by atoms with Crippen molar-refractivity contribution in [1.82, 2.24) is 5.32 Å². The van der Waals surface area contributed by atoms with E-state index in [-0.39, 0.29) is 11.2 Å². The summed E-state index contributed by atoms with van der Waals surface area (Å²) in [5.74, 6) is 1.60. The number of ether oxygens (including phenoxy) is 3. The third-order valence-electron chi connectivity index (χ3n) is 3.99. The van der Waals surface area contributed by atoms with Gasteiger partial charge in [-0.05, 0) is 42.8 Å². The number of benzene rings is 2. The van der Waals surface area contributed by atoms with Crippen LogP contribution in [-0.4, -0.2) is 32.5 Å². The summed E-state index contributed by atoms with van der Waals surface area (Å²) in [5, 5.41) is 3.46. The molecule has 2 aromatic rings. The summed E-state index contributed by atoms with van der Waals surface area (Å²) in [4.78, 5) is 13.6. The number of hydrogen-bond donors (Lipinski definition) is 1. The lowest BCUT2D eigenvalue weighted by molar-refractivity contribution is -0.120. The summed E-state index contributed by atoms with van der Waals surface area (Å²) in [6.45, 7) is 2.32. The molecular weight excluding hydrogens is 386 g/mol. The second kappa shape index (κ2) is 10.3. The first kappa shape index (κ1) is 21.3. The number of methoxy groups -OCH3 is 3. The Bertz CT molecular complexity index is 767. The van der Waals surface area contributed by atoms with Crippen LogP contribution in [0.4, 0.5) is 0 Å². The van der Waals surface area contributed by atoms with E-state index < -0.39 is 0 Å². The summed E-state index contributed by atoms with van der Waals surface area (Å²) in [7, 11) is 4.69. The highest BCUT2D eigenvalue weighted by Crippen LogP contribution is 2.39. The molecule has 2 aromatic carbocycles. The van der Waals surface area contributed by atoms with Gasteiger partial charge in [0.1, 0.15) is 0 Å². The Morgan fingerprint density at radius 2 is 1.70 bits per heavy atom. The van der Waals surface area contributed by atoms with E-state index in [0.717, 1.165) is 10.5 Å². The van der Waals surface area contributed by atoms with E-state index >= 15 is 0 Å². The first-order chi connectivity index (χ1) is 13.0. The van der Waals surface area contributed by atoms with Gasteiger partial charge in [-0.2, -0.15) is 0 Å². The number of rotatable bonds is 9. The van der Waals surface area contributed by atoms with Crippen LogP contribution < -0.4 is 19.5 Å². The Morgan fingerprint density at radius 3 is 2.26 bits per heavy atom. The van der Waals surface area contributed by atoms with E-state index in [0.29, 0.717) is 35.2 Å². The topological polar surface area (TPSA) is 56.8 Å². The van der Waals surface area contributed by atoms with Crippen LogP contribution in [-0.2, 0) is 11.3 Å². The van der Waals surface area contributed by atoms with Gasteiger partial charge in [0.15, 0.2) is 11.5 Å². The van der Waals surface area contributed by atoms with Crippen LogP contribution >= 0.6 is 23.4 Å². The molecule has 0 saturated heterocycles. The maximum absolute atomic E-state index is 12.6. The first-order valence-corrected chi connectivity index (χ1v) is 9.77. The van der Waals surface area contributed by atoms with Gasteiger partial charge < -0.3 is 19.5 Å². The Kier molecular flexibility index (Phi) is 8.13. The van der Waals surface area contributed by atoms with E-state index in [4.69, 9.17) is 25.8 Å². The molecule has 0 saturated carbocycles. The largest absolute Gasteiger partial charge is 0.493 e. The van der Waals surface area contributed by atoms with E-state index in [9.17, 15) is 4.79 Å². The predicted octanol–water partition coefficient (Wildman–Crippen LogP) is 4.55. The van der Waals surface area contributed by atoms with Crippen LogP contribution in [0.25, 0.3) is 0 Å². The van der Waals surface area contributed by atoms with Gasteiger partial charge in [-0.1, -0.05) is 18.5 Å². The normalized spacial score (nSPS) is 11.6. The highest BCUT2D eigenvalue weighted by molar-refractivity contribution is 8.00. The van der Waals surface area contributed by atoms with Crippen LogP contribution in [0.5, 0.6) is 17.2 Å². The number of carbonyl (C=O) groups is 1. The van der Waals surface area contributed by atoms with Gasteiger partial charge in [0, 0.05) is 22.0 Å².